The van der Waals surface area contributed by atoms with Gasteiger partial charge in [0.25, 0.3) is 11.8 Å². The highest BCUT2D eigenvalue weighted by Gasteiger charge is 2.30. The lowest BCUT2D eigenvalue weighted by atomic mass is 9.98. The summed E-state index contributed by atoms with van der Waals surface area (Å²) in [7, 11) is 0. The van der Waals surface area contributed by atoms with Crippen LogP contribution in [-0.4, -0.2) is 21.6 Å². The number of allylic oxidation sites excluding steroid dienone is 6. The van der Waals surface area contributed by atoms with E-state index in [1.165, 1.54) is 12.1 Å². The number of carbonyl (C=O) groups excluding carboxylic acids is 2. The van der Waals surface area contributed by atoms with Crippen LogP contribution < -0.4 is 10.6 Å². The molecule has 0 spiro atoms. The summed E-state index contributed by atoms with van der Waals surface area (Å²) in [5.74, 6) is -0.771. The van der Waals surface area contributed by atoms with E-state index in [9.17, 15) is 22.8 Å². The summed E-state index contributed by atoms with van der Waals surface area (Å²) >= 11 is 0. The van der Waals surface area contributed by atoms with E-state index < -0.39 is 17.6 Å². The first-order valence-electron chi connectivity index (χ1n) is 15.3. The lowest BCUT2D eigenvalue weighted by molar-refractivity contribution is -0.137. The molecule has 6 nitrogen and oxygen atoms in total. The molecule has 4 aromatic carbocycles. The van der Waals surface area contributed by atoms with Gasteiger partial charge in [-0.2, -0.15) is 18.3 Å². The van der Waals surface area contributed by atoms with Gasteiger partial charge in [-0.15, -0.1) is 0 Å². The van der Waals surface area contributed by atoms with E-state index in [0.717, 1.165) is 46.8 Å². The van der Waals surface area contributed by atoms with Crippen molar-refractivity contribution in [2.75, 3.05) is 5.32 Å². The Labute approximate surface area is 275 Å². The zero-order chi connectivity index (χ0) is 33.7. The number of alkyl halides is 3. The standard InChI is InChI=1S/C39H31F3N4O2/c1-26-23-36(29-9-4-2-3-5-10-29)46(45-26)33-21-15-27(16-22-33)25-43-37(47)30-11-8-12-32(24-30)44-38(48)35-14-7-6-13-34(35)28-17-19-31(20-18-28)39(40,41)42/h2,4-24H,3,25H2,1H3,(H,43,47)(H,44,48). The van der Waals surface area contributed by atoms with Crippen molar-refractivity contribution in [1.82, 2.24) is 15.1 Å². The second kappa shape index (κ2) is 13.8. The molecule has 1 heterocycles. The Morgan fingerprint density at radius 3 is 2.40 bits per heavy atom. The predicted octanol–water partition coefficient (Wildman–Crippen LogP) is 8.95. The molecule has 0 radical (unpaired) electrons. The molecule has 1 aliphatic carbocycles. The molecule has 2 amide bonds. The summed E-state index contributed by atoms with van der Waals surface area (Å²) in [4.78, 5) is 26.3. The molecule has 6 rings (SSSR count). The summed E-state index contributed by atoms with van der Waals surface area (Å²) in [6.45, 7) is 2.25. The Bertz CT molecular complexity index is 2050. The van der Waals surface area contributed by atoms with E-state index in [1.807, 2.05) is 41.9 Å². The lowest BCUT2D eigenvalue weighted by Crippen LogP contribution is -2.23. The molecule has 1 aliphatic rings. The number of amides is 2. The van der Waals surface area contributed by atoms with Crippen molar-refractivity contribution in [3.8, 4) is 16.8 Å². The van der Waals surface area contributed by atoms with E-state index in [4.69, 9.17) is 5.10 Å². The first-order valence-corrected chi connectivity index (χ1v) is 15.3. The highest BCUT2D eigenvalue weighted by atomic mass is 19.4. The van der Waals surface area contributed by atoms with Crippen LogP contribution in [0.25, 0.3) is 22.4 Å². The second-order valence-corrected chi connectivity index (χ2v) is 11.3. The first-order chi connectivity index (χ1) is 23.2. The van der Waals surface area contributed by atoms with Crippen molar-refractivity contribution in [3.05, 3.63) is 167 Å². The van der Waals surface area contributed by atoms with Crippen molar-refractivity contribution in [2.45, 2.75) is 26.1 Å². The van der Waals surface area contributed by atoms with Crippen LogP contribution in [0.1, 0.15) is 49.7 Å². The number of aryl methyl sites for hydroxylation is 1. The van der Waals surface area contributed by atoms with Crippen LogP contribution in [0, 0.1) is 6.92 Å². The number of nitrogens with zero attached hydrogens (tertiary/aromatic N) is 2. The third-order valence-electron chi connectivity index (χ3n) is 7.82. The average Bonchev–Trinajstić information content (AvgIpc) is 3.28. The number of nitrogens with one attached hydrogen (secondary N) is 2. The number of halogens is 3. The van der Waals surface area contributed by atoms with Gasteiger partial charge in [-0.1, -0.05) is 78.9 Å². The molecule has 0 unspecified atom stereocenters. The van der Waals surface area contributed by atoms with Crippen molar-refractivity contribution in [1.29, 1.82) is 0 Å². The van der Waals surface area contributed by atoms with Gasteiger partial charge in [0.1, 0.15) is 0 Å². The molecule has 1 aromatic heterocycles. The molecule has 240 valence electrons. The number of carbonyl (C=O) groups is 2. The largest absolute Gasteiger partial charge is 0.416 e. The topological polar surface area (TPSA) is 76.0 Å². The minimum Gasteiger partial charge on any atom is -0.348 e. The van der Waals surface area contributed by atoms with Gasteiger partial charge in [0, 0.05) is 23.4 Å². The fourth-order valence-corrected chi connectivity index (χ4v) is 5.40. The Kier molecular flexibility index (Phi) is 9.20. The maximum atomic E-state index is 13.3. The Hall–Kier alpha value is -5.96. The SMILES string of the molecule is Cc1cc(C2=CC=CCC=C2)n(-c2ccc(CNC(=O)c3cccc(NC(=O)c4ccccc4-c4ccc(C(F)(F)F)cc4)c3)cc2)n1. The molecule has 0 atom stereocenters. The molecule has 0 aliphatic heterocycles. The third kappa shape index (κ3) is 7.36. The number of aromatic nitrogens is 2. The molecule has 0 saturated carbocycles. The highest BCUT2D eigenvalue weighted by Crippen LogP contribution is 2.32. The van der Waals surface area contributed by atoms with E-state index in [-0.39, 0.29) is 11.5 Å². The monoisotopic (exact) mass is 644 g/mol. The van der Waals surface area contributed by atoms with Gasteiger partial charge < -0.3 is 10.6 Å². The molecule has 48 heavy (non-hydrogen) atoms. The van der Waals surface area contributed by atoms with Gasteiger partial charge in [-0.3, -0.25) is 9.59 Å². The molecule has 2 N–H and O–H groups in total. The van der Waals surface area contributed by atoms with E-state index in [1.54, 1.807) is 48.5 Å². The van der Waals surface area contributed by atoms with E-state index in [0.29, 0.717) is 28.9 Å². The fourth-order valence-electron chi connectivity index (χ4n) is 5.40. The maximum Gasteiger partial charge on any atom is 0.416 e. The van der Waals surface area contributed by atoms with Crippen molar-refractivity contribution in [2.24, 2.45) is 0 Å². The number of hydrogen-bond donors (Lipinski definition) is 2. The van der Waals surface area contributed by atoms with Gasteiger partial charge in [0.2, 0.25) is 0 Å². The van der Waals surface area contributed by atoms with Gasteiger partial charge in [-0.25, -0.2) is 4.68 Å². The summed E-state index contributed by atoms with van der Waals surface area (Å²) in [5.41, 5.74) is 6.01. The molecular formula is C39H31F3N4O2. The van der Waals surface area contributed by atoms with Crippen LogP contribution >= 0.6 is 0 Å². The molecule has 0 fully saturated rings. The summed E-state index contributed by atoms with van der Waals surface area (Å²) in [5, 5.41) is 10.4. The molecule has 5 aromatic rings. The van der Waals surface area contributed by atoms with Gasteiger partial charge in [-0.05, 0) is 90.2 Å². The Morgan fingerprint density at radius 2 is 1.62 bits per heavy atom. The number of hydrogen-bond acceptors (Lipinski definition) is 3. The first kappa shape index (κ1) is 32.0. The highest BCUT2D eigenvalue weighted by molar-refractivity contribution is 6.09. The molecule has 0 bridgehead atoms. The lowest BCUT2D eigenvalue weighted by Gasteiger charge is -2.13. The van der Waals surface area contributed by atoms with Crippen LogP contribution in [0.15, 0.2) is 134 Å². The summed E-state index contributed by atoms with van der Waals surface area (Å²) in [6, 6.07) is 27.8. The normalized spacial score (nSPS) is 12.7. The van der Waals surface area contributed by atoms with Crippen molar-refractivity contribution >= 4 is 23.1 Å². The smallest absolute Gasteiger partial charge is 0.348 e. The molecule has 9 heteroatoms. The van der Waals surface area contributed by atoms with E-state index in [2.05, 4.69) is 41.0 Å². The number of rotatable bonds is 8. The van der Waals surface area contributed by atoms with Crippen LogP contribution in [0.5, 0.6) is 0 Å². The Morgan fingerprint density at radius 1 is 0.854 bits per heavy atom. The number of benzene rings is 4. The minimum atomic E-state index is -4.45. The average molecular weight is 645 g/mol. The van der Waals surface area contributed by atoms with Gasteiger partial charge in [0.15, 0.2) is 0 Å². The van der Waals surface area contributed by atoms with Crippen LogP contribution in [0.2, 0.25) is 0 Å². The third-order valence-corrected chi connectivity index (χ3v) is 7.82. The van der Waals surface area contributed by atoms with Crippen LogP contribution in [0.4, 0.5) is 18.9 Å². The summed E-state index contributed by atoms with van der Waals surface area (Å²) in [6.07, 6.45) is 6.86. The molecular weight excluding hydrogens is 613 g/mol. The quantitative estimate of drug-likeness (QED) is 0.177. The van der Waals surface area contributed by atoms with Crippen molar-refractivity contribution in [3.63, 3.8) is 0 Å². The predicted molar refractivity (Wildman–Crippen MR) is 182 cm³/mol. The van der Waals surface area contributed by atoms with Crippen LogP contribution in [-0.2, 0) is 12.7 Å². The number of anilines is 1. The second-order valence-electron chi connectivity index (χ2n) is 11.3. The zero-order valence-electron chi connectivity index (χ0n) is 26.0. The minimum absolute atomic E-state index is 0.284. The summed E-state index contributed by atoms with van der Waals surface area (Å²) < 4.78 is 41.0. The van der Waals surface area contributed by atoms with E-state index >= 15 is 0 Å². The van der Waals surface area contributed by atoms with Crippen molar-refractivity contribution < 1.29 is 22.8 Å². The van der Waals surface area contributed by atoms with Gasteiger partial charge in [0.05, 0.1) is 22.6 Å². The maximum absolute atomic E-state index is 13.3. The Balaban J connectivity index is 1.11. The van der Waals surface area contributed by atoms with Crippen LogP contribution in [0.3, 0.4) is 0 Å². The zero-order valence-corrected chi connectivity index (χ0v) is 26.0. The van der Waals surface area contributed by atoms with Gasteiger partial charge >= 0.3 is 6.18 Å². The molecule has 0 saturated heterocycles. The fraction of sp³-hybridized carbons (Fsp3) is 0.103.